The van der Waals surface area contributed by atoms with Crippen molar-refractivity contribution in [3.8, 4) is 0 Å². The molecular formula is C25H23F3N4O4. The zero-order valence-electron chi connectivity index (χ0n) is 19.2. The smallest absolute Gasteiger partial charge is 0.299 e. The van der Waals surface area contributed by atoms with Crippen molar-refractivity contribution in [2.75, 3.05) is 19.6 Å². The predicted molar refractivity (Wildman–Crippen MR) is 120 cm³/mol. The highest BCUT2D eigenvalue weighted by Crippen LogP contribution is 2.34. The van der Waals surface area contributed by atoms with E-state index in [4.69, 9.17) is 0 Å². The third-order valence-electron chi connectivity index (χ3n) is 6.88. The molecule has 2 fully saturated rings. The molecule has 2 saturated heterocycles. The van der Waals surface area contributed by atoms with Gasteiger partial charge < -0.3 is 0 Å². The van der Waals surface area contributed by atoms with Crippen molar-refractivity contribution in [3.63, 3.8) is 0 Å². The number of carbonyl (C=O) groups is 4. The largest absolute Gasteiger partial charge is 0.416 e. The van der Waals surface area contributed by atoms with Gasteiger partial charge in [0, 0.05) is 13.0 Å². The molecule has 0 saturated carbocycles. The van der Waals surface area contributed by atoms with E-state index in [1.807, 2.05) is 0 Å². The van der Waals surface area contributed by atoms with Crippen LogP contribution < -0.4 is 5.32 Å². The second-order valence-electron chi connectivity index (χ2n) is 9.20. The average molecular weight is 500 g/mol. The van der Waals surface area contributed by atoms with Gasteiger partial charge in [0.2, 0.25) is 5.91 Å². The van der Waals surface area contributed by atoms with Gasteiger partial charge in [-0.1, -0.05) is 24.3 Å². The summed E-state index contributed by atoms with van der Waals surface area (Å²) in [6, 6.07) is 9.64. The molecule has 3 aliphatic heterocycles. The summed E-state index contributed by atoms with van der Waals surface area (Å²) >= 11 is 0. The van der Waals surface area contributed by atoms with E-state index in [1.54, 1.807) is 24.3 Å². The Kier molecular flexibility index (Phi) is 6.03. The number of halogens is 3. The van der Waals surface area contributed by atoms with Crippen molar-refractivity contribution >= 4 is 23.8 Å². The number of benzene rings is 2. The number of likely N-dealkylation sites (tertiary alicyclic amines) is 1. The molecule has 3 aliphatic rings. The van der Waals surface area contributed by atoms with Crippen LogP contribution in [0.2, 0.25) is 0 Å². The lowest BCUT2D eigenvalue weighted by molar-refractivity contribution is -0.137. The van der Waals surface area contributed by atoms with Gasteiger partial charge in [0.05, 0.1) is 23.2 Å². The molecule has 0 atom stereocenters. The van der Waals surface area contributed by atoms with Crippen LogP contribution in [0.15, 0.2) is 42.5 Å². The van der Waals surface area contributed by atoms with E-state index in [0.29, 0.717) is 38.0 Å². The Balaban J connectivity index is 1.24. The van der Waals surface area contributed by atoms with Gasteiger partial charge in [-0.05, 0) is 61.2 Å². The lowest BCUT2D eigenvalue weighted by Gasteiger charge is -2.32. The quantitative estimate of drug-likeness (QED) is 0.649. The van der Waals surface area contributed by atoms with Crippen LogP contribution in [-0.2, 0) is 17.5 Å². The summed E-state index contributed by atoms with van der Waals surface area (Å²) in [5.74, 6) is -1.66. The number of imide groups is 2. The van der Waals surface area contributed by atoms with E-state index >= 15 is 0 Å². The fraction of sp³-hybridized carbons (Fsp3) is 0.360. The number of piperidine rings is 1. The summed E-state index contributed by atoms with van der Waals surface area (Å²) in [5, 5.41) is 3.83. The van der Waals surface area contributed by atoms with E-state index in [1.165, 1.54) is 12.1 Å². The first-order valence-corrected chi connectivity index (χ1v) is 11.6. The summed E-state index contributed by atoms with van der Waals surface area (Å²) in [5.41, 5.74) is 1.25. The van der Waals surface area contributed by atoms with Crippen molar-refractivity contribution in [3.05, 3.63) is 70.3 Å². The third kappa shape index (κ3) is 4.46. The number of nitrogens with one attached hydrogen (secondary N) is 1. The number of amides is 5. The van der Waals surface area contributed by atoms with Gasteiger partial charge in [0.15, 0.2) is 0 Å². The molecule has 0 bridgehead atoms. The molecule has 5 amide bonds. The Hall–Kier alpha value is -3.73. The highest BCUT2D eigenvalue weighted by atomic mass is 19.4. The highest BCUT2D eigenvalue weighted by Gasteiger charge is 2.43. The van der Waals surface area contributed by atoms with Gasteiger partial charge in [0.25, 0.3) is 11.8 Å². The SMILES string of the molecule is O=C1CCN(N2C(=O)c3ccc(CN4CCC(c5cccc(C(F)(F)F)c5)CC4)cc3C2=O)C(=O)N1. The minimum Gasteiger partial charge on any atom is -0.299 e. The van der Waals surface area contributed by atoms with Gasteiger partial charge >= 0.3 is 12.2 Å². The Morgan fingerprint density at radius 1 is 0.889 bits per heavy atom. The van der Waals surface area contributed by atoms with Gasteiger partial charge in [-0.25, -0.2) is 9.80 Å². The van der Waals surface area contributed by atoms with Gasteiger partial charge in [-0.15, -0.1) is 0 Å². The van der Waals surface area contributed by atoms with E-state index < -0.39 is 35.5 Å². The highest BCUT2D eigenvalue weighted by molar-refractivity contribution is 6.22. The van der Waals surface area contributed by atoms with Crippen LogP contribution in [0.5, 0.6) is 0 Å². The van der Waals surface area contributed by atoms with E-state index in [9.17, 15) is 32.3 Å². The van der Waals surface area contributed by atoms with E-state index in [2.05, 4.69) is 10.2 Å². The number of hydrazine groups is 1. The van der Waals surface area contributed by atoms with Crippen LogP contribution in [0.1, 0.15) is 62.6 Å². The molecular weight excluding hydrogens is 477 g/mol. The van der Waals surface area contributed by atoms with Crippen molar-refractivity contribution < 1.29 is 32.3 Å². The lowest BCUT2D eigenvalue weighted by Crippen LogP contribution is -2.58. The van der Waals surface area contributed by atoms with Crippen LogP contribution in [0.25, 0.3) is 0 Å². The zero-order valence-corrected chi connectivity index (χ0v) is 19.2. The summed E-state index contributed by atoms with van der Waals surface area (Å²) in [6.07, 6.45) is -2.96. The van der Waals surface area contributed by atoms with Crippen LogP contribution in [0.3, 0.4) is 0 Å². The van der Waals surface area contributed by atoms with Crippen LogP contribution >= 0.6 is 0 Å². The number of rotatable bonds is 4. The molecule has 5 rings (SSSR count). The fourth-order valence-corrected chi connectivity index (χ4v) is 4.99. The topological polar surface area (TPSA) is 90.0 Å². The molecule has 36 heavy (non-hydrogen) atoms. The molecule has 11 heteroatoms. The summed E-state index contributed by atoms with van der Waals surface area (Å²) in [7, 11) is 0. The molecule has 0 aromatic heterocycles. The van der Waals surface area contributed by atoms with Crippen LogP contribution in [0, 0.1) is 0 Å². The first-order chi connectivity index (χ1) is 17.1. The van der Waals surface area contributed by atoms with Gasteiger partial charge in [-0.2, -0.15) is 18.2 Å². The molecule has 3 heterocycles. The molecule has 2 aromatic rings. The Labute approximate surface area is 204 Å². The Bertz CT molecular complexity index is 1250. The second kappa shape index (κ2) is 9.05. The molecule has 8 nitrogen and oxygen atoms in total. The number of urea groups is 1. The summed E-state index contributed by atoms with van der Waals surface area (Å²) < 4.78 is 39.2. The monoisotopic (exact) mass is 500 g/mol. The minimum absolute atomic E-state index is 0.0130. The minimum atomic E-state index is -4.37. The molecule has 188 valence electrons. The summed E-state index contributed by atoms with van der Waals surface area (Å²) in [6.45, 7) is 1.81. The molecule has 1 N–H and O–H groups in total. The van der Waals surface area contributed by atoms with Gasteiger partial charge in [0.1, 0.15) is 0 Å². The predicted octanol–water partition coefficient (Wildman–Crippen LogP) is 3.54. The number of nitrogens with zero attached hydrogens (tertiary/aromatic N) is 3. The third-order valence-corrected chi connectivity index (χ3v) is 6.88. The number of alkyl halides is 3. The molecule has 0 spiro atoms. The Morgan fingerprint density at radius 2 is 1.61 bits per heavy atom. The van der Waals surface area contributed by atoms with Crippen molar-refractivity contribution in [2.45, 2.75) is 37.9 Å². The fourth-order valence-electron chi connectivity index (χ4n) is 4.99. The Morgan fingerprint density at radius 3 is 2.31 bits per heavy atom. The standard InChI is InChI=1S/C25H23F3N4O4/c26-25(27,28)18-3-1-2-17(13-18)16-6-9-30(10-7-16)14-15-4-5-19-20(12-15)23(35)32(22(19)34)31-11-8-21(33)29-24(31)36/h1-5,12-13,16H,6-11,14H2,(H,29,33,36). The van der Waals surface area contributed by atoms with Crippen LogP contribution in [0.4, 0.5) is 18.0 Å². The van der Waals surface area contributed by atoms with Crippen LogP contribution in [-0.4, -0.2) is 58.3 Å². The average Bonchev–Trinajstić information content (AvgIpc) is 3.09. The zero-order chi connectivity index (χ0) is 25.6. The van der Waals surface area contributed by atoms with Crippen molar-refractivity contribution in [1.82, 2.24) is 20.2 Å². The number of fused-ring (bicyclic) bond motifs is 1. The molecule has 0 unspecified atom stereocenters. The molecule has 0 aliphatic carbocycles. The van der Waals surface area contributed by atoms with E-state index in [-0.39, 0.29) is 30.0 Å². The normalized spacial score (nSPS) is 19.6. The maximum absolute atomic E-state index is 13.1. The maximum Gasteiger partial charge on any atom is 0.416 e. The first kappa shape index (κ1) is 24.0. The first-order valence-electron chi connectivity index (χ1n) is 11.6. The maximum atomic E-state index is 13.1. The van der Waals surface area contributed by atoms with Crippen molar-refractivity contribution in [2.24, 2.45) is 0 Å². The molecule has 2 aromatic carbocycles. The van der Waals surface area contributed by atoms with E-state index in [0.717, 1.165) is 21.6 Å². The number of hydrogen-bond donors (Lipinski definition) is 1. The summed E-state index contributed by atoms with van der Waals surface area (Å²) in [4.78, 5) is 51.5. The molecule has 0 radical (unpaired) electrons. The second-order valence-corrected chi connectivity index (χ2v) is 9.20. The lowest BCUT2D eigenvalue weighted by atomic mass is 9.88. The number of carbonyl (C=O) groups excluding carboxylic acids is 4. The van der Waals surface area contributed by atoms with Gasteiger partial charge in [-0.3, -0.25) is 24.6 Å². The van der Waals surface area contributed by atoms with Crippen molar-refractivity contribution in [1.29, 1.82) is 0 Å². The number of hydrogen-bond acceptors (Lipinski definition) is 5.